The van der Waals surface area contributed by atoms with E-state index in [1.54, 1.807) is 6.07 Å². The maximum Gasteiger partial charge on any atom is 0.141 e. The highest BCUT2D eigenvalue weighted by Crippen LogP contribution is 2.39. The Hall–Kier alpha value is -2.73. The van der Waals surface area contributed by atoms with Crippen molar-refractivity contribution in [3.8, 4) is 6.07 Å². The molecular formula is C30H33F2N. The van der Waals surface area contributed by atoms with Gasteiger partial charge in [-0.05, 0) is 84.6 Å². The molecule has 4 rings (SSSR count). The molecule has 1 aliphatic rings. The van der Waals surface area contributed by atoms with Gasteiger partial charge in [0.05, 0.1) is 5.56 Å². The highest BCUT2D eigenvalue weighted by Gasteiger charge is 2.22. The van der Waals surface area contributed by atoms with Gasteiger partial charge in [0, 0.05) is 5.39 Å². The molecule has 0 unspecified atom stereocenters. The first-order valence-electron chi connectivity index (χ1n) is 12.5. The number of nitriles is 1. The number of fused-ring (bicyclic) bond motifs is 1. The zero-order valence-electron chi connectivity index (χ0n) is 19.5. The molecule has 172 valence electrons. The van der Waals surface area contributed by atoms with Crippen LogP contribution in [0.25, 0.3) is 10.8 Å². The second kappa shape index (κ2) is 10.9. The Bertz CT molecular complexity index is 1140. The second-order valence-electron chi connectivity index (χ2n) is 9.66. The van der Waals surface area contributed by atoms with Gasteiger partial charge in [0.2, 0.25) is 0 Å². The van der Waals surface area contributed by atoms with Crippen LogP contribution in [0.15, 0.2) is 48.5 Å². The molecule has 3 aromatic rings. The van der Waals surface area contributed by atoms with E-state index in [4.69, 9.17) is 5.26 Å². The van der Waals surface area contributed by atoms with Crippen LogP contribution in [0.5, 0.6) is 0 Å². The highest BCUT2D eigenvalue weighted by molar-refractivity contribution is 5.84. The Labute approximate surface area is 196 Å². The molecule has 33 heavy (non-hydrogen) atoms. The van der Waals surface area contributed by atoms with Crippen molar-refractivity contribution in [2.45, 2.75) is 77.0 Å². The van der Waals surface area contributed by atoms with Gasteiger partial charge in [-0.25, -0.2) is 8.78 Å². The van der Waals surface area contributed by atoms with Crippen molar-refractivity contribution in [1.29, 1.82) is 5.26 Å². The maximum atomic E-state index is 15.2. The number of rotatable bonds is 8. The minimum atomic E-state index is -0.517. The average Bonchev–Trinajstić information content (AvgIpc) is 2.84. The molecule has 1 saturated carbocycles. The quantitative estimate of drug-likeness (QED) is 0.318. The number of halogens is 2. The number of hydrogen-bond donors (Lipinski definition) is 0. The number of aryl methyl sites for hydroxylation is 2. The molecule has 0 bridgehead atoms. The Balaban J connectivity index is 1.41. The fraction of sp³-hybridized carbons (Fsp3) is 0.433. The molecule has 1 nitrogen and oxygen atoms in total. The van der Waals surface area contributed by atoms with E-state index in [2.05, 4.69) is 19.1 Å². The highest BCUT2D eigenvalue weighted by atomic mass is 19.1. The van der Waals surface area contributed by atoms with E-state index in [-0.39, 0.29) is 11.4 Å². The average molecular weight is 446 g/mol. The topological polar surface area (TPSA) is 23.8 Å². The summed E-state index contributed by atoms with van der Waals surface area (Å²) in [6.45, 7) is 2.26. The van der Waals surface area contributed by atoms with E-state index >= 15 is 4.39 Å². The normalized spacial score (nSPS) is 18.4. The van der Waals surface area contributed by atoms with Crippen LogP contribution in [0.3, 0.4) is 0 Å². The minimum absolute atomic E-state index is 0.0384. The third-order valence-electron chi connectivity index (χ3n) is 7.43. The molecular weight excluding hydrogens is 412 g/mol. The molecule has 3 heteroatoms. The number of unbranched alkanes of at least 4 members (excludes halogenated alkanes) is 2. The van der Waals surface area contributed by atoms with Gasteiger partial charge in [-0.3, -0.25) is 0 Å². The summed E-state index contributed by atoms with van der Waals surface area (Å²) in [5.41, 5.74) is 2.80. The van der Waals surface area contributed by atoms with Gasteiger partial charge >= 0.3 is 0 Å². The Morgan fingerprint density at radius 2 is 1.73 bits per heavy atom. The molecule has 0 N–H and O–H groups in total. The molecule has 3 aromatic carbocycles. The number of nitrogens with zero attached hydrogens (tertiary/aromatic N) is 1. The standard InChI is InChI=1S/C30H33F2N/c1-2-3-4-5-21-6-10-23(11-7-21)25-16-17-28-26(19-25)15-14-24(30(28)32)12-8-22-9-13-27(20-33)29(31)18-22/h9,13-19,21,23H,2-8,10-12H2,1H3. The third kappa shape index (κ3) is 5.61. The van der Waals surface area contributed by atoms with E-state index in [0.717, 1.165) is 16.9 Å². The molecule has 0 saturated heterocycles. The molecule has 0 heterocycles. The molecule has 0 radical (unpaired) electrons. The van der Waals surface area contributed by atoms with Gasteiger partial charge in [-0.2, -0.15) is 5.26 Å². The lowest BCUT2D eigenvalue weighted by Gasteiger charge is -2.29. The summed E-state index contributed by atoms with van der Waals surface area (Å²) >= 11 is 0. The Morgan fingerprint density at radius 3 is 2.45 bits per heavy atom. The van der Waals surface area contributed by atoms with E-state index in [1.807, 2.05) is 24.3 Å². The molecule has 1 aliphatic carbocycles. The van der Waals surface area contributed by atoms with Crippen LogP contribution in [-0.4, -0.2) is 0 Å². The first-order chi connectivity index (χ1) is 16.1. The van der Waals surface area contributed by atoms with Gasteiger partial charge < -0.3 is 0 Å². The predicted octanol–water partition coefficient (Wildman–Crippen LogP) is 8.63. The molecule has 0 amide bonds. The lowest BCUT2D eigenvalue weighted by molar-refractivity contribution is 0.303. The lowest BCUT2D eigenvalue weighted by atomic mass is 9.76. The number of hydrogen-bond acceptors (Lipinski definition) is 1. The second-order valence-corrected chi connectivity index (χ2v) is 9.66. The van der Waals surface area contributed by atoms with E-state index < -0.39 is 5.82 Å². The van der Waals surface area contributed by atoms with E-state index in [9.17, 15) is 4.39 Å². The van der Waals surface area contributed by atoms with Crippen LogP contribution >= 0.6 is 0 Å². The Morgan fingerprint density at radius 1 is 0.909 bits per heavy atom. The van der Waals surface area contributed by atoms with Crippen molar-refractivity contribution in [2.75, 3.05) is 0 Å². The fourth-order valence-corrected chi connectivity index (χ4v) is 5.35. The van der Waals surface area contributed by atoms with Gasteiger partial charge in [-0.15, -0.1) is 0 Å². The van der Waals surface area contributed by atoms with Crippen molar-refractivity contribution in [1.82, 2.24) is 0 Å². The van der Waals surface area contributed by atoms with Crippen LogP contribution in [0.4, 0.5) is 8.78 Å². The SMILES string of the molecule is CCCCCC1CCC(c2ccc3c(F)c(CCc4ccc(C#N)c(F)c4)ccc3c2)CC1. The van der Waals surface area contributed by atoms with Crippen molar-refractivity contribution < 1.29 is 8.78 Å². The number of benzene rings is 3. The molecule has 0 spiro atoms. The maximum absolute atomic E-state index is 15.2. The van der Waals surface area contributed by atoms with Crippen molar-refractivity contribution >= 4 is 10.8 Å². The van der Waals surface area contributed by atoms with Crippen LogP contribution in [0.1, 0.15) is 86.5 Å². The van der Waals surface area contributed by atoms with E-state index in [1.165, 1.54) is 69.1 Å². The first-order valence-corrected chi connectivity index (χ1v) is 12.5. The van der Waals surface area contributed by atoms with Gasteiger partial charge in [0.15, 0.2) is 0 Å². The summed E-state index contributed by atoms with van der Waals surface area (Å²) in [7, 11) is 0. The zero-order valence-corrected chi connectivity index (χ0v) is 19.5. The largest absolute Gasteiger partial charge is 0.206 e. The van der Waals surface area contributed by atoms with Crippen LogP contribution in [-0.2, 0) is 12.8 Å². The molecule has 0 aromatic heterocycles. The van der Waals surface area contributed by atoms with Crippen LogP contribution in [0.2, 0.25) is 0 Å². The smallest absolute Gasteiger partial charge is 0.141 e. The summed E-state index contributed by atoms with van der Waals surface area (Å²) < 4.78 is 29.1. The van der Waals surface area contributed by atoms with Crippen molar-refractivity contribution in [2.24, 2.45) is 5.92 Å². The fourth-order valence-electron chi connectivity index (χ4n) is 5.35. The molecule has 0 atom stereocenters. The van der Waals surface area contributed by atoms with Crippen LogP contribution in [0, 0.1) is 28.9 Å². The third-order valence-corrected chi connectivity index (χ3v) is 7.43. The Kier molecular flexibility index (Phi) is 7.76. The first kappa shape index (κ1) is 23.4. The van der Waals surface area contributed by atoms with Gasteiger partial charge in [0.1, 0.15) is 17.7 Å². The van der Waals surface area contributed by atoms with Gasteiger partial charge in [-0.1, -0.05) is 69.0 Å². The molecule has 1 fully saturated rings. The molecule has 0 aliphatic heterocycles. The summed E-state index contributed by atoms with van der Waals surface area (Å²) in [6.07, 6.45) is 11.5. The van der Waals surface area contributed by atoms with E-state index in [0.29, 0.717) is 29.7 Å². The predicted molar refractivity (Wildman–Crippen MR) is 131 cm³/mol. The van der Waals surface area contributed by atoms with Gasteiger partial charge in [0.25, 0.3) is 0 Å². The zero-order chi connectivity index (χ0) is 23.2. The summed E-state index contributed by atoms with van der Waals surface area (Å²) in [6, 6.07) is 16.6. The monoisotopic (exact) mass is 445 g/mol. The summed E-state index contributed by atoms with van der Waals surface area (Å²) in [5.74, 6) is 0.785. The lowest BCUT2D eigenvalue weighted by Crippen LogP contribution is -2.13. The van der Waals surface area contributed by atoms with Crippen molar-refractivity contribution in [3.05, 3.63) is 82.4 Å². The van der Waals surface area contributed by atoms with Crippen LogP contribution < -0.4 is 0 Å². The van der Waals surface area contributed by atoms with Crippen molar-refractivity contribution in [3.63, 3.8) is 0 Å². The minimum Gasteiger partial charge on any atom is -0.206 e. The summed E-state index contributed by atoms with van der Waals surface area (Å²) in [4.78, 5) is 0. The summed E-state index contributed by atoms with van der Waals surface area (Å²) in [5, 5.41) is 10.5.